The Morgan fingerprint density at radius 3 is 2.74 bits per heavy atom. The lowest BCUT2D eigenvalue weighted by atomic mass is 10.1. The number of hydrogen-bond acceptors (Lipinski definition) is 8. The molecule has 1 amide bonds. The second kappa shape index (κ2) is 9.75. The molecule has 176 valence electrons. The molecule has 0 aliphatic carbocycles. The first-order valence-electron chi connectivity index (χ1n) is 10.0. The van der Waals surface area contributed by atoms with E-state index in [-0.39, 0.29) is 18.5 Å². The van der Waals surface area contributed by atoms with Crippen LogP contribution in [0.15, 0.2) is 42.7 Å². The number of carbonyl (C=O) groups excluding carboxylic acids is 1. The van der Waals surface area contributed by atoms with Crippen LogP contribution in [0.25, 0.3) is 11.3 Å². The van der Waals surface area contributed by atoms with Gasteiger partial charge in [-0.2, -0.15) is 0 Å². The van der Waals surface area contributed by atoms with Crippen LogP contribution >= 0.6 is 11.6 Å². The molecule has 0 saturated carbocycles. The number of aromatic nitrogens is 6. The zero-order valence-corrected chi connectivity index (χ0v) is 18.9. The average molecular weight is 486 g/mol. The molecule has 12 nitrogen and oxygen atoms in total. The van der Waals surface area contributed by atoms with Gasteiger partial charge in [-0.3, -0.25) is 9.59 Å². The molecule has 0 radical (unpaired) electrons. The standard InChI is InChI=1S/C21H20ClN7O5/c1-33-14-3-4-15(22)17(9-14)28-10-13(25-27-28)7-12(8-20(30)31)23-21(32)16-11-29-18(24-16)5-6-19(26-29)34-2/h3-6,9-12H,7-8H2,1-2H3,(H,23,32)(H,30,31). The summed E-state index contributed by atoms with van der Waals surface area (Å²) in [7, 11) is 3.02. The predicted molar refractivity (Wildman–Crippen MR) is 120 cm³/mol. The molecule has 1 unspecified atom stereocenters. The fourth-order valence-corrected chi connectivity index (χ4v) is 3.49. The summed E-state index contributed by atoms with van der Waals surface area (Å²) in [5.74, 6) is -0.666. The van der Waals surface area contributed by atoms with Crippen molar-refractivity contribution in [3.05, 3.63) is 59.1 Å². The Hall–Kier alpha value is -4.19. The molecule has 3 aromatic heterocycles. The second-order valence-electron chi connectivity index (χ2n) is 7.25. The van der Waals surface area contributed by atoms with E-state index in [2.05, 4.69) is 25.7 Å². The molecule has 0 spiro atoms. The van der Waals surface area contributed by atoms with E-state index in [4.69, 9.17) is 21.1 Å². The highest BCUT2D eigenvalue weighted by Crippen LogP contribution is 2.25. The van der Waals surface area contributed by atoms with Crippen molar-refractivity contribution >= 4 is 29.1 Å². The number of ether oxygens (including phenoxy) is 2. The monoisotopic (exact) mass is 485 g/mol. The minimum absolute atomic E-state index is 0.0861. The number of nitrogens with zero attached hydrogens (tertiary/aromatic N) is 6. The van der Waals surface area contributed by atoms with Gasteiger partial charge in [0.2, 0.25) is 5.88 Å². The first kappa shape index (κ1) is 23.0. The van der Waals surface area contributed by atoms with Crippen LogP contribution in [0.1, 0.15) is 22.6 Å². The maximum Gasteiger partial charge on any atom is 0.305 e. The first-order valence-corrected chi connectivity index (χ1v) is 10.4. The number of carbonyl (C=O) groups is 2. The van der Waals surface area contributed by atoms with Gasteiger partial charge in [-0.15, -0.1) is 10.2 Å². The average Bonchev–Trinajstić information content (AvgIpc) is 3.45. The number of aliphatic carboxylic acids is 1. The third-order valence-electron chi connectivity index (χ3n) is 4.89. The van der Waals surface area contributed by atoms with Crippen LogP contribution in [0.3, 0.4) is 0 Å². The molecule has 3 heterocycles. The highest BCUT2D eigenvalue weighted by molar-refractivity contribution is 6.32. The van der Waals surface area contributed by atoms with Crippen LogP contribution in [0.4, 0.5) is 0 Å². The summed E-state index contributed by atoms with van der Waals surface area (Å²) in [6.45, 7) is 0. The van der Waals surface area contributed by atoms with Crippen molar-refractivity contribution in [3.8, 4) is 17.3 Å². The lowest BCUT2D eigenvalue weighted by Gasteiger charge is -2.14. The number of rotatable bonds is 9. The molecule has 4 rings (SSSR count). The second-order valence-corrected chi connectivity index (χ2v) is 7.66. The number of fused-ring (bicyclic) bond motifs is 1. The summed E-state index contributed by atoms with van der Waals surface area (Å²) in [5.41, 5.74) is 1.54. The van der Waals surface area contributed by atoms with Crippen LogP contribution in [0, 0.1) is 0 Å². The van der Waals surface area contributed by atoms with Crippen molar-refractivity contribution < 1.29 is 24.2 Å². The highest BCUT2D eigenvalue weighted by Gasteiger charge is 2.21. The topological polar surface area (TPSA) is 146 Å². The summed E-state index contributed by atoms with van der Waals surface area (Å²) >= 11 is 6.26. The van der Waals surface area contributed by atoms with Crippen molar-refractivity contribution in [1.82, 2.24) is 34.9 Å². The highest BCUT2D eigenvalue weighted by atomic mass is 35.5. The molecule has 1 atom stereocenters. The Labute approximate surface area is 198 Å². The van der Waals surface area contributed by atoms with Crippen molar-refractivity contribution in [1.29, 1.82) is 0 Å². The summed E-state index contributed by atoms with van der Waals surface area (Å²) in [5, 5.41) is 24.8. The molecule has 0 aliphatic heterocycles. The predicted octanol–water partition coefficient (Wildman–Crippen LogP) is 1.80. The minimum atomic E-state index is -1.07. The van der Waals surface area contributed by atoms with Crippen LogP contribution in [-0.4, -0.2) is 66.8 Å². The van der Waals surface area contributed by atoms with Gasteiger partial charge >= 0.3 is 5.97 Å². The van der Waals surface area contributed by atoms with E-state index in [1.54, 1.807) is 36.5 Å². The summed E-state index contributed by atoms with van der Waals surface area (Å²) in [6, 6.07) is 7.60. The lowest BCUT2D eigenvalue weighted by molar-refractivity contribution is -0.137. The van der Waals surface area contributed by atoms with Gasteiger partial charge in [0, 0.05) is 24.6 Å². The summed E-state index contributed by atoms with van der Waals surface area (Å²) in [4.78, 5) is 28.4. The molecular formula is C21H20ClN7O5. The van der Waals surface area contributed by atoms with Gasteiger partial charge in [0.15, 0.2) is 5.65 Å². The molecule has 2 N–H and O–H groups in total. The van der Waals surface area contributed by atoms with Gasteiger partial charge in [-0.05, 0) is 18.2 Å². The first-order chi connectivity index (χ1) is 16.4. The number of hydrogen-bond donors (Lipinski definition) is 2. The van der Waals surface area contributed by atoms with Crippen molar-refractivity contribution in [3.63, 3.8) is 0 Å². The van der Waals surface area contributed by atoms with Crippen molar-refractivity contribution in [2.75, 3.05) is 14.2 Å². The smallest absolute Gasteiger partial charge is 0.305 e. The number of carboxylic acids is 1. The van der Waals surface area contributed by atoms with E-state index in [1.807, 2.05) is 0 Å². The number of amides is 1. The van der Waals surface area contributed by atoms with Gasteiger partial charge in [-0.1, -0.05) is 16.8 Å². The SMILES string of the molecule is COc1ccc(Cl)c(-n2cc(CC(CC(=O)O)NC(=O)c3cn4nc(OC)ccc4n3)nn2)c1. The van der Waals surface area contributed by atoms with Crippen LogP contribution in [0.5, 0.6) is 11.6 Å². The van der Waals surface area contributed by atoms with E-state index >= 15 is 0 Å². The van der Waals surface area contributed by atoms with Gasteiger partial charge in [0.25, 0.3) is 5.91 Å². The zero-order chi connectivity index (χ0) is 24.2. The van der Waals surface area contributed by atoms with Gasteiger partial charge in [-0.25, -0.2) is 14.2 Å². The normalized spacial score (nSPS) is 11.9. The van der Waals surface area contributed by atoms with E-state index in [0.29, 0.717) is 33.7 Å². The molecule has 0 fully saturated rings. The fraction of sp³-hybridized carbons (Fsp3) is 0.238. The summed E-state index contributed by atoms with van der Waals surface area (Å²) in [6.07, 6.45) is 2.85. The van der Waals surface area contributed by atoms with E-state index in [0.717, 1.165) is 0 Å². The zero-order valence-electron chi connectivity index (χ0n) is 18.2. The van der Waals surface area contributed by atoms with Crippen LogP contribution in [0.2, 0.25) is 5.02 Å². The molecule has 13 heteroatoms. The van der Waals surface area contributed by atoms with Crippen LogP contribution < -0.4 is 14.8 Å². The maximum atomic E-state index is 12.8. The number of halogens is 1. The van der Waals surface area contributed by atoms with Gasteiger partial charge in [0.05, 0.1) is 49.4 Å². The van der Waals surface area contributed by atoms with E-state index in [1.165, 1.54) is 29.6 Å². The largest absolute Gasteiger partial charge is 0.497 e. The molecule has 34 heavy (non-hydrogen) atoms. The Morgan fingerprint density at radius 1 is 1.18 bits per heavy atom. The summed E-state index contributed by atoms with van der Waals surface area (Å²) < 4.78 is 13.1. The molecule has 0 aliphatic rings. The molecule has 4 aromatic rings. The lowest BCUT2D eigenvalue weighted by Crippen LogP contribution is -2.38. The number of nitrogens with one attached hydrogen (secondary N) is 1. The Bertz CT molecular complexity index is 1350. The molecule has 0 bridgehead atoms. The van der Waals surface area contributed by atoms with E-state index in [9.17, 15) is 14.7 Å². The number of imidazole rings is 1. The molecular weight excluding hydrogens is 466 g/mol. The van der Waals surface area contributed by atoms with Crippen LogP contribution in [-0.2, 0) is 11.2 Å². The third kappa shape index (κ3) is 5.07. The Morgan fingerprint density at radius 2 is 2.00 bits per heavy atom. The molecule has 1 aromatic carbocycles. The Kier molecular flexibility index (Phi) is 6.59. The fourth-order valence-electron chi connectivity index (χ4n) is 3.28. The number of carboxylic acid groups (broad SMARTS) is 1. The molecule has 0 saturated heterocycles. The van der Waals surface area contributed by atoms with Gasteiger partial charge < -0.3 is 19.9 Å². The van der Waals surface area contributed by atoms with Gasteiger partial charge in [0.1, 0.15) is 11.4 Å². The Balaban J connectivity index is 1.52. The minimum Gasteiger partial charge on any atom is -0.497 e. The van der Waals surface area contributed by atoms with E-state index < -0.39 is 17.9 Å². The third-order valence-corrected chi connectivity index (χ3v) is 5.21. The maximum absolute atomic E-state index is 12.8. The number of methoxy groups -OCH3 is 2. The van der Waals surface area contributed by atoms with Crippen molar-refractivity contribution in [2.24, 2.45) is 0 Å². The number of benzene rings is 1. The quantitative estimate of drug-likeness (QED) is 0.362. The van der Waals surface area contributed by atoms with Crippen molar-refractivity contribution in [2.45, 2.75) is 18.9 Å².